The summed E-state index contributed by atoms with van der Waals surface area (Å²) in [7, 11) is 0. The maximum absolute atomic E-state index is 5.83. The Bertz CT molecular complexity index is 782. The lowest BCUT2D eigenvalue weighted by Crippen LogP contribution is -1.72. The van der Waals surface area contributed by atoms with Gasteiger partial charge in [-0.2, -0.15) is 0 Å². The van der Waals surface area contributed by atoms with Crippen molar-refractivity contribution in [3.63, 3.8) is 0 Å². The Morgan fingerprint density at radius 2 is 1.67 bits per heavy atom. The van der Waals surface area contributed by atoms with Crippen molar-refractivity contribution < 1.29 is 0 Å². The third-order valence-electron chi connectivity index (χ3n) is 2.39. The molecule has 2 N–H and O–H groups in total. The second-order valence-corrected chi connectivity index (χ2v) is 7.42. The van der Waals surface area contributed by atoms with Gasteiger partial charge in [0.05, 0.1) is 23.8 Å². The van der Waals surface area contributed by atoms with E-state index >= 15 is 0 Å². The SMILES string of the molecule is Nc1cc2sc3c4sccc4sc3c2s1. The van der Waals surface area contributed by atoms with Gasteiger partial charge in [-0.15, -0.1) is 45.3 Å². The molecular weight excluding hydrogens is 262 g/mol. The first kappa shape index (κ1) is 8.52. The minimum Gasteiger partial charge on any atom is -0.391 e. The highest BCUT2D eigenvalue weighted by molar-refractivity contribution is 7.44. The number of fused-ring (bicyclic) bond motifs is 5. The van der Waals surface area contributed by atoms with Crippen LogP contribution in [0.15, 0.2) is 17.5 Å². The van der Waals surface area contributed by atoms with Gasteiger partial charge in [0.25, 0.3) is 0 Å². The zero-order valence-corrected chi connectivity index (χ0v) is 10.7. The summed E-state index contributed by atoms with van der Waals surface area (Å²) in [4.78, 5) is 0. The molecule has 0 aliphatic rings. The average molecular weight is 267 g/mol. The second kappa shape index (κ2) is 2.74. The summed E-state index contributed by atoms with van der Waals surface area (Å²) in [5.41, 5.74) is 5.83. The van der Waals surface area contributed by atoms with Gasteiger partial charge in [0.2, 0.25) is 0 Å². The molecule has 0 unspecified atom stereocenters. The summed E-state index contributed by atoms with van der Waals surface area (Å²) in [5, 5.41) is 3.10. The van der Waals surface area contributed by atoms with E-state index in [0.29, 0.717) is 0 Å². The van der Waals surface area contributed by atoms with Crippen molar-refractivity contribution in [3.8, 4) is 0 Å². The lowest BCUT2D eigenvalue weighted by molar-refractivity contribution is 2.02. The third-order valence-corrected chi connectivity index (χ3v) is 7.28. The molecule has 1 nitrogen and oxygen atoms in total. The Kier molecular flexibility index (Phi) is 1.55. The van der Waals surface area contributed by atoms with Crippen LogP contribution in [0.3, 0.4) is 0 Å². The topological polar surface area (TPSA) is 26.0 Å². The number of nitrogens with two attached hydrogens (primary N) is 1. The molecule has 0 radical (unpaired) electrons. The van der Waals surface area contributed by atoms with Crippen LogP contribution >= 0.6 is 45.3 Å². The zero-order valence-electron chi connectivity index (χ0n) is 7.44. The van der Waals surface area contributed by atoms with Crippen LogP contribution < -0.4 is 5.73 Å². The zero-order chi connectivity index (χ0) is 9.99. The van der Waals surface area contributed by atoms with Gasteiger partial charge in [-0.1, -0.05) is 0 Å². The molecule has 0 fully saturated rings. The van der Waals surface area contributed by atoms with Gasteiger partial charge in [0.1, 0.15) is 0 Å². The van der Waals surface area contributed by atoms with Crippen LogP contribution in [-0.4, -0.2) is 0 Å². The summed E-state index contributed by atoms with van der Waals surface area (Å²) in [6.07, 6.45) is 0. The number of hydrogen-bond donors (Lipinski definition) is 1. The number of nitrogen functional groups attached to an aromatic ring is 1. The van der Waals surface area contributed by atoms with Gasteiger partial charge in [-0.25, -0.2) is 0 Å². The minimum absolute atomic E-state index is 0.926. The Hall–Kier alpha value is -0.620. The highest BCUT2D eigenvalue weighted by Crippen LogP contribution is 2.49. The maximum Gasteiger partial charge on any atom is 0.0877 e. The van der Waals surface area contributed by atoms with E-state index in [2.05, 4.69) is 17.5 Å². The summed E-state index contributed by atoms with van der Waals surface area (Å²) in [6, 6.07) is 4.30. The Morgan fingerprint density at radius 1 is 0.867 bits per heavy atom. The quantitative estimate of drug-likeness (QED) is 0.478. The van der Waals surface area contributed by atoms with Crippen molar-refractivity contribution in [1.82, 2.24) is 0 Å². The monoisotopic (exact) mass is 267 g/mol. The van der Waals surface area contributed by atoms with Gasteiger partial charge in [-0.3, -0.25) is 0 Å². The fraction of sp³-hybridized carbons (Fsp3) is 0. The molecule has 0 saturated heterocycles. The molecule has 0 bridgehead atoms. The molecule has 0 atom stereocenters. The maximum atomic E-state index is 5.83. The van der Waals surface area contributed by atoms with E-state index in [1.807, 2.05) is 34.0 Å². The average Bonchev–Trinajstić information content (AvgIpc) is 2.83. The van der Waals surface area contributed by atoms with E-state index in [1.54, 1.807) is 11.3 Å². The number of rotatable bonds is 0. The molecule has 4 rings (SSSR count). The second-order valence-electron chi connectivity index (χ2n) is 3.32. The summed E-state index contributed by atoms with van der Waals surface area (Å²) >= 11 is 7.32. The molecule has 0 spiro atoms. The largest absolute Gasteiger partial charge is 0.391 e. The van der Waals surface area contributed by atoms with E-state index in [9.17, 15) is 0 Å². The van der Waals surface area contributed by atoms with Crippen molar-refractivity contribution >= 4 is 78.5 Å². The molecular formula is C10H5NS4. The predicted octanol–water partition coefficient (Wildman–Crippen LogP) is 4.97. The predicted molar refractivity (Wildman–Crippen MR) is 74.9 cm³/mol. The summed E-state index contributed by atoms with van der Waals surface area (Å²) in [6.45, 7) is 0. The molecule has 0 saturated carbocycles. The van der Waals surface area contributed by atoms with Crippen LogP contribution in [0.4, 0.5) is 5.00 Å². The van der Waals surface area contributed by atoms with Crippen molar-refractivity contribution in [2.24, 2.45) is 0 Å². The Labute approximate surface area is 101 Å². The Balaban J connectivity index is 2.35. The van der Waals surface area contributed by atoms with E-state index < -0.39 is 0 Å². The third kappa shape index (κ3) is 1.01. The van der Waals surface area contributed by atoms with Gasteiger partial charge in [0, 0.05) is 9.40 Å². The fourth-order valence-corrected chi connectivity index (χ4v) is 6.94. The van der Waals surface area contributed by atoms with Crippen LogP contribution in [0.25, 0.3) is 28.2 Å². The molecule has 0 amide bonds. The van der Waals surface area contributed by atoms with Gasteiger partial charge in [0.15, 0.2) is 0 Å². The lowest BCUT2D eigenvalue weighted by Gasteiger charge is -1.77. The van der Waals surface area contributed by atoms with Crippen molar-refractivity contribution in [3.05, 3.63) is 17.5 Å². The molecule has 5 heteroatoms. The van der Waals surface area contributed by atoms with Crippen LogP contribution in [0, 0.1) is 0 Å². The lowest BCUT2D eigenvalue weighted by atomic mass is 10.4. The highest BCUT2D eigenvalue weighted by atomic mass is 32.1. The van der Waals surface area contributed by atoms with E-state index in [0.717, 1.165) is 5.00 Å². The van der Waals surface area contributed by atoms with Crippen molar-refractivity contribution in [2.75, 3.05) is 5.73 Å². The molecule has 4 heterocycles. The van der Waals surface area contributed by atoms with Crippen molar-refractivity contribution in [2.45, 2.75) is 0 Å². The van der Waals surface area contributed by atoms with Gasteiger partial charge in [-0.05, 0) is 17.5 Å². The van der Waals surface area contributed by atoms with Crippen LogP contribution in [0.1, 0.15) is 0 Å². The molecule has 15 heavy (non-hydrogen) atoms. The summed E-state index contributed by atoms with van der Waals surface area (Å²) in [5.74, 6) is 0. The molecule has 4 aromatic heterocycles. The summed E-state index contributed by atoms with van der Waals surface area (Å²) < 4.78 is 8.46. The molecule has 74 valence electrons. The molecule has 0 aromatic carbocycles. The van der Waals surface area contributed by atoms with Crippen LogP contribution in [-0.2, 0) is 0 Å². The first-order chi connectivity index (χ1) is 7.33. The van der Waals surface area contributed by atoms with E-state index in [1.165, 1.54) is 28.2 Å². The number of hydrogen-bond acceptors (Lipinski definition) is 5. The molecule has 0 aliphatic heterocycles. The van der Waals surface area contributed by atoms with E-state index in [-0.39, 0.29) is 0 Å². The van der Waals surface area contributed by atoms with E-state index in [4.69, 9.17) is 5.73 Å². The van der Waals surface area contributed by atoms with Crippen LogP contribution in [0.2, 0.25) is 0 Å². The molecule has 4 aromatic rings. The van der Waals surface area contributed by atoms with Gasteiger partial charge < -0.3 is 5.73 Å². The van der Waals surface area contributed by atoms with Crippen LogP contribution in [0.5, 0.6) is 0 Å². The first-order valence-electron chi connectivity index (χ1n) is 4.40. The first-order valence-corrected chi connectivity index (χ1v) is 7.73. The highest BCUT2D eigenvalue weighted by Gasteiger charge is 2.14. The minimum atomic E-state index is 0.926. The van der Waals surface area contributed by atoms with Gasteiger partial charge >= 0.3 is 0 Å². The number of anilines is 1. The number of thiophene rings is 4. The fourth-order valence-electron chi connectivity index (χ4n) is 1.78. The smallest absolute Gasteiger partial charge is 0.0877 e. The van der Waals surface area contributed by atoms with Crippen molar-refractivity contribution in [1.29, 1.82) is 0 Å². The molecule has 0 aliphatic carbocycles. The standard InChI is InChI=1S/C10H5NS4/c11-6-3-5-8(15-6)10-9(14-5)7-4(13-10)1-2-12-7/h1-3H,11H2. The Morgan fingerprint density at radius 3 is 2.60 bits per heavy atom. The normalized spacial score (nSPS) is 12.3.